The van der Waals surface area contributed by atoms with Crippen LogP contribution in [0.25, 0.3) is 5.57 Å². The molecule has 0 radical (unpaired) electrons. The molecule has 164 valence electrons. The highest BCUT2D eigenvalue weighted by atomic mass is 16.5. The summed E-state index contributed by atoms with van der Waals surface area (Å²) in [5.74, 6) is 2.42. The summed E-state index contributed by atoms with van der Waals surface area (Å²) in [7, 11) is 1.71. The minimum atomic E-state index is -0.0317. The Hall–Kier alpha value is -3.53. The van der Waals surface area contributed by atoms with Crippen LogP contribution in [0.2, 0.25) is 0 Å². The summed E-state index contributed by atoms with van der Waals surface area (Å²) < 4.78 is 11.6. The van der Waals surface area contributed by atoms with Crippen LogP contribution in [0.4, 0.5) is 11.4 Å². The predicted molar refractivity (Wildman–Crippen MR) is 134 cm³/mol. The number of fused-ring (bicyclic) bond motifs is 1. The smallest absolute Gasteiger partial charge is 0.129 e. The van der Waals surface area contributed by atoms with Crippen molar-refractivity contribution in [3.8, 4) is 17.2 Å². The first kappa shape index (κ1) is 21.7. The summed E-state index contributed by atoms with van der Waals surface area (Å²) in [6.07, 6.45) is 4.20. The number of ether oxygens (including phenoxy) is 2. The van der Waals surface area contributed by atoms with Crippen LogP contribution in [0, 0.1) is 0 Å². The van der Waals surface area contributed by atoms with Crippen molar-refractivity contribution in [2.75, 3.05) is 18.6 Å². The van der Waals surface area contributed by atoms with Gasteiger partial charge in [-0.05, 0) is 75.7 Å². The second kappa shape index (κ2) is 8.91. The molecule has 1 aliphatic heterocycles. The second-order valence-electron chi connectivity index (χ2n) is 8.50. The number of aliphatic imine (C=N–C) groups is 1. The zero-order valence-electron chi connectivity index (χ0n) is 19.4. The van der Waals surface area contributed by atoms with Gasteiger partial charge in [0.2, 0.25) is 0 Å². The summed E-state index contributed by atoms with van der Waals surface area (Å²) >= 11 is 0. The summed E-state index contributed by atoms with van der Waals surface area (Å²) in [5, 5.41) is 0. The third kappa shape index (κ3) is 4.40. The number of nitrogens with zero attached hydrogens (tertiary/aromatic N) is 2. The van der Waals surface area contributed by atoms with E-state index < -0.39 is 0 Å². The number of rotatable bonds is 6. The van der Waals surface area contributed by atoms with E-state index in [2.05, 4.69) is 55.8 Å². The maximum absolute atomic E-state index is 5.86. The third-order valence-electron chi connectivity index (χ3n) is 5.81. The van der Waals surface area contributed by atoms with Gasteiger partial charge < -0.3 is 14.4 Å². The van der Waals surface area contributed by atoms with Crippen LogP contribution in [0.5, 0.6) is 17.2 Å². The van der Waals surface area contributed by atoms with Gasteiger partial charge in [-0.3, -0.25) is 4.99 Å². The van der Waals surface area contributed by atoms with Crippen LogP contribution >= 0.6 is 0 Å². The minimum Gasteiger partial charge on any atom is -0.496 e. The molecule has 4 heteroatoms. The number of benzene rings is 3. The lowest BCUT2D eigenvalue weighted by molar-refractivity contribution is 0.413. The van der Waals surface area contributed by atoms with E-state index in [4.69, 9.17) is 9.47 Å². The van der Waals surface area contributed by atoms with Gasteiger partial charge in [0.1, 0.15) is 17.2 Å². The number of hydrogen-bond donors (Lipinski definition) is 0. The normalized spacial score (nSPS) is 14.8. The molecule has 3 aromatic rings. The van der Waals surface area contributed by atoms with E-state index in [-0.39, 0.29) is 5.54 Å². The lowest BCUT2D eigenvalue weighted by Gasteiger charge is -2.43. The number of likely N-dealkylation sites (N-methyl/N-ethyl adjacent to an activating group) is 1. The number of anilines is 1. The molecule has 0 bridgehead atoms. The number of methoxy groups -OCH3 is 1. The summed E-state index contributed by atoms with van der Waals surface area (Å²) in [5.41, 5.74) is 5.48. The van der Waals surface area contributed by atoms with Gasteiger partial charge in [0.15, 0.2) is 0 Å². The molecule has 0 saturated carbocycles. The molecule has 32 heavy (non-hydrogen) atoms. The molecule has 4 rings (SSSR count). The first-order chi connectivity index (χ1) is 15.4. The fraction of sp³-hybridized carbons (Fsp3) is 0.250. The quantitative estimate of drug-likeness (QED) is 0.389. The van der Waals surface area contributed by atoms with Crippen molar-refractivity contribution in [1.29, 1.82) is 0 Å². The number of allylic oxidation sites excluding steroid dienone is 1. The molecule has 4 nitrogen and oxygen atoms in total. The molecule has 1 heterocycles. The SMILES string of the molecule is CCN1c2cc(OC)c(C=Nc3ccc(Oc4ccccc4)cc3)cc2C(C)=CC1(C)C. The first-order valence-corrected chi connectivity index (χ1v) is 11.0. The third-order valence-corrected chi connectivity index (χ3v) is 5.81. The van der Waals surface area contributed by atoms with E-state index in [0.717, 1.165) is 35.0 Å². The predicted octanol–water partition coefficient (Wildman–Crippen LogP) is 7.26. The van der Waals surface area contributed by atoms with Gasteiger partial charge >= 0.3 is 0 Å². The van der Waals surface area contributed by atoms with E-state index >= 15 is 0 Å². The molecule has 0 N–H and O–H groups in total. The van der Waals surface area contributed by atoms with Gasteiger partial charge in [0.25, 0.3) is 0 Å². The monoisotopic (exact) mass is 426 g/mol. The lowest BCUT2D eigenvalue weighted by Crippen LogP contribution is -2.44. The van der Waals surface area contributed by atoms with Crippen molar-refractivity contribution >= 4 is 23.2 Å². The summed E-state index contributed by atoms with van der Waals surface area (Å²) in [6.45, 7) is 9.78. The zero-order chi connectivity index (χ0) is 22.7. The Kier molecular flexibility index (Phi) is 6.04. The van der Waals surface area contributed by atoms with Crippen molar-refractivity contribution in [3.63, 3.8) is 0 Å². The molecule has 0 fully saturated rings. The van der Waals surface area contributed by atoms with Crippen molar-refractivity contribution < 1.29 is 9.47 Å². The Balaban J connectivity index is 1.60. The van der Waals surface area contributed by atoms with Crippen molar-refractivity contribution in [2.24, 2.45) is 4.99 Å². The highest BCUT2D eigenvalue weighted by Gasteiger charge is 2.31. The number of hydrogen-bond acceptors (Lipinski definition) is 4. The molecule has 0 spiro atoms. The van der Waals surface area contributed by atoms with E-state index in [1.54, 1.807) is 7.11 Å². The molecule has 1 aliphatic rings. The van der Waals surface area contributed by atoms with Crippen LogP contribution in [-0.4, -0.2) is 25.4 Å². The second-order valence-corrected chi connectivity index (χ2v) is 8.50. The van der Waals surface area contributed by atoms with Gasteiger partial charge in [-0.1, -0.05) is 24.3 Å². The molecular weight excluding hydrogens is 396 g/mol. The van der Waals surface area contributed by atoms with Gasteiger partial charge in [0, 0.05) is 35.6 Å². The average Bonchev–Trinajstić information content (AvgIpc) is 2.78. The van der Waals surface area contributed by atoms with Crippen molar-refractivity contribution in [1.82, 2.24) is 0 Å². The first-order valence-electron chi connectivity index (χ1n) is 11.0. The Bertz CT molecular complexity index is 1150. The Labute approximate surface area is 190 Å². The molecular formula is C28H30N2O2. The van der Waals surface area contributed by atoms with Crippen molar-refractivity contribution in [2.45, 2.75) is 33.2 Å². The average molecular weight is 427 g/mol. The Morgan fingerprint density at radius 2 is 1.66 bits per heavy atom. The maximum atomic E-state index is 5.86. The van der Waals surface area contributed by atoms with Crippen LogP contribution in [0.3, 0.4) is 0 Å². The molecule has 0 saturated heterocycles. The molecule has 0 atom stereocenters. The maximum Gasteiger partial charge on any atom is 0.129 e. The van der Waals surface area contributed by atoms with Crippen LogP contribution in [0.15, 0.2) is 77.8 Å². The fourth-order valence-electron chi connectivity index (χ4n) is 4.35. The largest absolute Gasteiger partial charge is 0.496 e. The van der Waals surface area contributed by atoms with Gasteiger partial charge in [-0.25, -0.2) is 0 Å². The van der Waals surface area contributed by atoms with E-state index in [0.29, 0.717) is 0 Å². The van der Waals surface area contributed by atoms with E-state index in [1.165, 1.54) is 16.8 Å². The highest BCUT2D eigenvalue weighted by Crippen LogP contribution is 2.41. The standard InChI is InChI=1S/C28H30N2O2/c1-6-30-26-17-27(31-5)21(16-25(26)20(2)18-28(30,3)4)19-29-22-12-14-24(15-13-22)32-23-10-8-7-9-11-23/h7-19H,6H2,1-5H3. The van der Waals surface area contributed by atoms with Crippen LogP contribution < -0.4 is 14.4 Å². The lowest BCUT2D eigenvalue weighted by atomic mass is 9.88. The number of para-hydroxylation sites is 1. The molecule has 0 amide bonds. The minimum absolute atomic E-state index is 0.0317. The van der Waals surface area contributed by atoms with Gasteiger partial charge in [-0.15, -0.1) is 0 Å². The summed E-state index contributed by atoms with van der Waals surface area (Å²) in [4.78, 5) is 7.09. The van der Waals surface area contributed by atoms with E-state index in [1.807, 2.05) is 60.8 Å². The Morgan fingerprint density at radius 1 is 0.969 bits per heavy atom. The Morgan fingerprint density at radius 3 is 2.31 bits per heavy atom. The molecule has 0 unspecified atom stereocenters. The highest BCUT2D eigenvalue weighted by molar-refractivity contribution is 5.92. The van der Waals surface area contributed by atoms with Crippen molar-refractivity contribution in [3.05, 3.63) is 83.9 Å². The zero-order valence-corrected chi connectivity index (χ0v) is 19.4. The summed E-state index contributed by atoms with van der Waals surface area (Å²) in [6, 6.07) is 21.8. The van der Waals surface area contributed by atoms with Gasteiger partial charge in [0.05, 0.1) is 18.3 Å². The molecule has 3 aromatic carbocycles. The topological polar surface area (TPSA) is 34.1 Å². The molecule has 0 aliphatic carbocycles. The molecule has 0 aromatic heterocycles. The van der Waals surface area contributed by atoms with Crippen LogP contribution in [-0.2, 0) is 0 Å². The van der Waals surface area contributed by atoms with Crippen LogP contribution in [0.1, 0.15) is 38.8 Å². The fourth-order valence-corrected chi connectivity index (χ4v) is 4.35. The van der Waals surface area contributed by atoms with Gasteiger partial charge in [-0.2, -0.15) is 0 Å². The van der Waals surface area contributed by atoms with E-state index in [9.17, 15) is 0 Å².